The summed E-state index contributed by atoms with van der Waals surface area (Å²) in [6, 6.07) is 27.5. The molecule has 0 unspecified atom stereocenters. The van der Waals surface area contributed by atoms with Crippen molar-refractivity contribution in [2.75, 3.05) is 5.73 Å². The van der Waals surface area contributed by atoms with E-state index in [1.807, 2.05) is 0 Å². The maximum Gasteiger partial charge on any atom is 0.250 e. The number of rotatable bonds is 4. The second-order valence-electron chi connectivity index (χ2n) is 10.4. The summed E-state index contributed by atoms with van der Waals surface area (Å²) >= 11 is 1.76. The van der Waals surface area contributed by atoms with E-state index in [-0.39, 0.29) is 5.04 Å². The van der Waals surface area contributed by atoms with Crippen molar-refractivity contribution >= 4 is 46.2 Å². The lowest BCUT2D eigenvalue weighted by atomic mass is 9.88. The lowest BCUT2D eigenvalue weighted by molar-refractivity contribution is 0.498. The molecule has 2 nitrogen and oxygen atoms in total. The van der Waals surface area contributed by atoms with E-state index in [1.165, 1.54) is 15.6 Å². The summed E-state index contributed by atoms with van der Waals surface area (Å²) in [6.45, 7) is 11.5. The smallest absolute Gasteiger partial charge is 0.250 e. The number of benzene rings is 4. The molecule has 5 aromatic rings. The number of hydrogen-bond acceptors (Lipinski definition) is 3. The van der Waals surface area contributed by atoms with Gasteiger partial charge in [0.1, 0.15) is 5.75 Å². The number of nitrogen functional groups attached to an aromatic ring is 1. The van der Waals surface area contributed by atoms with Gasteiger partial charge in [-0.2, -0.15) is 0 Å². The molecule has 1 aromatic heterocycles. The lowest BCUT2D eigenvalue weighted by Crippen LogP contribution is -2.44. The Hall–Kier alpha value is -3.08. The van der Waals surface area contributed by atoms with Gasteiger partial charge in [0.25, 0.3) is 8.32 Å². The van der Waals surface area contributed by atoms with Crippen LogP contribution in [-0.2, 0) is 0 Å². The van der Waals surface area contributed by atoms with Gasteiger partial charge in [-0.3, -0.25) is 0 Å². The fourth-order valence-electron chi connectivity index (χ4n) is 4.28. The van der Waals surface area contributed by atoms with Crippen LogP contribution in [0.25, 0.3) is 43.1 Å². The van der Waals surface area contributed by atoms with Crippen molar-refractivity contribution in [3.8, 4) is 28.0 Å². The van der Waals surface area contributed by atoms with Gasteiger partial charge in [-0.25, -0.2) is 0 Å². The molecule has 0 aliphatic carbocycles. The van der Waals surface area contributed by atoms with E-state index >= 15 is 0 Å². The van der Waals surface area contributed by atoms with E-state index < -0.39 is 8.32 Å². The Balaban J connectivity index is 1.95. The van der Waals surface area contributed by atoms with Crippen LogP contribution in [0.3, 0.4) is 0 Å². The molecule has 0 bridgehead atoms. The largest absolute Gasteiger partial charge is 0.543 e. The van der Waals surface area contributed by atoms with E-state index in [1.54, 1.807) is 11.3 Å². The highest BCUT2D eigenvalue weighted by Crippen LogP contribution is 2.52. The molecule has 34 heavy (non-hydrogen) atoms. The maximum atomic E-state index is 7.16. The van der Waals surface area contributed by atoms with Crippen LogP contribution in [0.15, 0.2) is 84.2 Å². The van der Waals surface area contributed by atoms with Crippen LogP contribution in [0.1, 0.15) is 20.8 Å². The van der Waals surface area contributed by atoms with E-state index in [2.05, 4.69) is 118 Å². The van der Waals surface area contributed by atoms with Crippen LogP contribution in [0.2, 0.25) is 18.1 Å². The molecule has 4 heteroatoms. The van der Waals surface area contributed by atoms with Crippen LogP contribution < -0.4 is 10.2 Å². The summed E-state index contributed by atoms with van der Waals surface area (Å²) in [5.41, 5.74) is 12.3. The van der Waals surface area contributed by atoms with Gasteiger partial charge in [0.05, 0.1) is 0 Å². The molecule has 0 aliphatic rings. The summed E-state index contributed by atoms with van der Waals surface area (Å²) in [4.78, 5) is 0. The molecule has 2 N–H and O–H groups in total. The first-order valence-corrected chi connectivity index (χ1v) is 15.5. The summed E-state index contributed by atoms with van der Waals surface area (Å²) in [5.74, 6) is 0.952. The Kier molecular flexibility index (Phi) is 5.54. The second kappa shape index (κ2) is 8.29. The van der Waals surface area contributed by atoms with Crippen molar-refractivity contribution in [2.45, 2.75) is 38.9 Å². The van der Waals surface area contributed by atoms with Gasteiger partial charge >= 0.3 is 0 Å². The van der Waals surface area contributed by atoms with Crippen molar-refractivity contribution in [1.29, 1.82) is 0 Å². The normalized spacial score (nSPS) is 12.4. The first-order chi connectivity index (χ1) is 16.2. The monoisotopic (exact) mass is 481 g/mol. The molecule has 0 amide bonds. The Morgan fingerprint density at radius 3 is 2.00 bits per heavy atom. The predicted octanol–water partition coefficient (Wildman–Crippen LogP) is 9.35. The quantitative estimate of drug-likeness (QED) is 0.205. The van der Waals surface area contributed by atoms with Crippen molar-refractivity contribution in [3.63, 3.8) is 0 Å². The van der Waals surface area contributed by atoms with Crippen LogP contribution in [0.5, 0.6) is 5.75 Å². The molecule has 0 radical (unpaired) electrons. The zero-order chi connectivity index (χ0) is 24.1. The zero-order valence-corrected chi connectivity index (χ0v) is 22.3. The van der Waals surface area contributed by atoms with Crippen LogP contribution in [-0.4, -0.2) is 8.32 Å². The molecule has 4 aromatic carbocycles. The molecule has 172 valence electrons. The Morgan fingerprint density at radius 2 is 1.32 bits per heavy atom. The third kappa shape index (κ3) is 3.71. The van der Waals surface area contributed by atoms with Gasteiger partial charge < -0.3 is 10.2 Å². The molecular formula is C30H31NOSSi. The summed E-state index contributed by atoms with van der Waals surface area (Å²) < 4.78 is 8.42. The summed E-state index contributed by atoms with van der Waals surface area (Å²) in [7, 11) is -2.14. The van der Waals surface area contributed by atoms with Crippen LogP contribution >= 0.6 is 11.3 Å². The third-order valence-electron chi connectivity index (χ3n) is 7.18. The van der Waals surface area contributed by atoms with Gasteiger partial charge in [0.15, 0.2) is 0 Å². The predicted molar refractivity (Wildman–Crippen MR) is 152 cm³/mol. The van der Waals surface area contributed by atoms with Gasteiger partial charge in [-0.1, -0.05) is 93.6 Å². The van der Waals surface area contributed by atoms with Crippen LogP contribution in [0, 0.1) is 0 Å². The highest BCUT2D eigenvalue weighted by atomic mass is 32.1. The first kappa shape index (κ1) is 22.7. The number of thiophene rings is 1. The lowest BCUT2D eigenvalue weighted by Gasteiger charge is -2.38. The summed E-state index contributed by atoms with van der Waals surface area (Å²) in [6.07, 6.45) is 0. The standard InChI is InChI=1S/C30H31NOSSi/c1-30(2,3)34(4,5)32-29-23-17-10-9-16-22(23)28(31)27(26(29)20-13-7-6-8-14-20)24-19-33-25-18-12-11-15-21(24)25/h6-19H,31H2,1-5H3. The van der Waals surface area contributed by atoms with Gasteiger partial charge in [-0.05, 0) is 35.1 Å². The van der Waals surface area contributed by atoms with E-state index in [0.29, 0.717) is 0 Å². The number of fused-ring (bicyclic) bond motifs is 2. The average Bonchev–Trinajstić information content (AvgIpc) is 3.24. The van der Waals surface area contributed by atoms with Gasteiger partial charge in [0, 0.05) is 43.2 Å². The Labute approximate surface area is 207 Å². The molecule has 0 saturated carbocycles. The van der Waals surface area contributed by atoms with Crippen LogP contribution in [0.4, 0.5) is 5.69 Å². The van der Waals surface area contributed by atoms with Gasteiger partial charge in [0.2, 0.25) is 0 Å². The first-order valence-electron chi connectivity index (χ1n) is 11.7. The SMILES string of the molecule is CC(C)(C)[Si](C)(C)Oc1c(-c2ccccc2)c(-c2csc3ccccc23)c(N)c2ccccc12. The number of anilines is 1. The molecule has 0 atom stereocenters. The Bertz CT molecular complexity index is 1500. The van der Waals surface area contributed by atoms with Gasteiger partial charge in [-0.15, -0.1) is 11.3 Å². The molecule has 0 spiro atoms. The highest BCUT2D eigenvalue weighted by Gasteiger charge is 2.40. The fourth-order valence-corrected chi connectivity index (χ4v) is 6.26. The maximum absolute atomic E-state index is 7.16. The minimum Gasteiger partial charge on any atom is -0.543 e. The molecule has 0 saturated heterocycles. The minimum atomic E-state index is -2.14. The average molecular weight is 482 g/mol. The molecule has 0 aliphatic heterocycles. The van der Waals surface area contributed by atoms with Crippen molar-refractivity contribution in [3.05, 3.63) is 84.2 Å². The topological polar surface area (TPSA) is 35.2 Å². The zero-order valence-electron chi connectivity index (χ0n) is 20.5. The number of hydrogen-bond donors (Lipinski definition) is 1. The Morgan fingerprint density at radius 1 is 0.735 bits per heavy atom. The third-order valence-corrected chi connectivity index (χ3v) is 12.5. The summed E-state index contributed by atoms with van der Waals surface area (Å²) in [5, 5.41) is 5.66. The van der Waals surface area contributed by atoms with Crippen molar-refractivity contribution in [1.82, 2.24) is 0 Å². The van der Waals surface area contributed by atoms with Crippen molar-refractivity contribution in [2.24, 2.45) is 0 Å². The second-order valence-corrected chi connectivity index (χ2v) is 16.0. The van der Waals surface area contributed by atoms with E-state index in [4.69, 9.17) is 10.2 Å². The molecule has 0 fully saturated rings. The van der Waals surface area contributed by atoms with E-state index in [0.717, 1.165) is 38.9 Å². The highest BCUT2D eigenvalue weighted by molar-refractivity contribution is 7.17. The fraction of sp³-hybridized carbons (Fsp3) is 0.200. The molecular weight excluding hydrogens is 450 g/mol. The minimum absolute atomic E-state index is 0.0681. The molecule has 5 rings (SSSR count). The number of nitrogens with two attached hydrogens (primary N) is 1. The van der Waals surface area contributed by atoms with Crippen molar-refractivity contribution < 1.29 is 4.43 Å². The van der Waals surface area contributed by atoms with E-state index in [9.17, 15) is 0 Å². The molecule has 1 heterocycles.